The summed E-state index contributed by atoms with van der Waals surface area (Å²) >= 11 is 6.19. The second-order valence-electron chi connectivity index (χ2n) is 9.56. The van der Waals surface area contributed by atoms with E-state index >= 15 is 0 Å². The van der Waals surface area contributed by atoms with Crippen LogP contribution < -0.4 is 15.6 Å². The maximum atomic E-state index is 13.2. The molecule has 0 bridgehead atoms. The van der Waals surface area contributed by atoms with Crippen molar-refractivity contribution in [3.8, 4) is 0 Å². The molecule has 2 atom stereocenters. The molecule has 0 saturated heterocycles. The first-order valence-corrected chi connectivity index (χ1v) is 18.0. The van der Waals surface area contributed by atoms with Crippen LogP contribution in [-0.4, -0.2) is 56.1 Å². The summed E-state index contributed by atoms with van der Waals surface area (Å²) in [6.07, 6.45) is 1.02. The molecule has 0 radical (unpaired) electrons. The molecule has 2 unspecified atom stereocenters. The lowest BCUT2D eigenvalue weighted by Gasteiger charge is -2.21. The van der Waals surface area contributed by atoms with E-state index in [4.69, 9.17) is 16.1 Å². The maximum absolute atomic E-state index is 13.2. The minimum absolute atomic E-state index is 0.0374. The highest BCUT2D eigenvalue weighted by Crippen LogP contribution is 2.42. The Hall–Kier alpha value is -2.58. The average Bonchev–Trinajstić information content (AvgIpc) is 2.91. The van der Waals surface area contributed by atoms with Crippen molar-refractivity contribution in [1.82, 2.24) is 14.0 Å². The maximum Gasteiger partial charge on any atom is 0.364 e. The lowest BCUT2D eigenvalue weighted by atomic mass is 10.2. The van der Waals surface area contributed by atoms with Gasteiger partial charge in [-0.3, -0.25) is 14.2 Å². The smallest absolute Gasteiger partial charge is 0.321 e. The molecular formula is C26H33ClN3O9PS2. The number of benzene rings is 2. The third-order valence-electron chi connectivity index (χ3n) is 6.30. The standard InChI is InChI=1S/C26H33ClN3O9PS2/c1-5-12-30(13-6-2)42(37,38)20-10-8-18(9-11-20)25(31)29-41(35,36)24-15-19-14-23(40(33,34)39-17(4)7-3)26(32)28-22(19)16-21(24)27/h8-11,14-17H,5-7,12-13H2,1-4H3,(H,28,32)(H,29,31)(H,33,34). The quantitative estimate of drug-likeness (QED) is 0.230. The van der Waals surface area contributed by atoms with E-state index in [1.165, 1.54) is 28.6 Å². The zero-order valence-corrected chi connectivity index (χ0v) is 26.7. The Morgan fingerprint density at radius 2 is 1.67 bits per heavy atom. The number of carbonyl (C=O) groups excluding carboxylic acids is 1. The topological polar surface area (TPSA) is 180 Å². The van der Waals surface area contributed by atoms with Crippen LogP contribution in [0.15, 0.2) is 57.1 Å². The predicted molar refractivity (Wildman–Crippen MR) is 160 cm³/mol. The molecule has 16 heteroatoms. The Morgan fingerprint density at radius 1 is 1.07 bits per heavy atom. The SMILES string of the molecule is CCCN(CCC)S(=O)(=O)c1ccc(C(=O)NS(=O)(=O)c2cc3cc(P(=O)(O)OC(C)CC)c(=O)[nH]c3cc2Cl)cc1. The summed E-state index contributed by atoms with van der Waals surface area (Å²) in [7, 11) is -13.0. The van der Waals surface area contributed by atoms with E-state index in [2.05, 4.69) is 4.98 Å². The van der Waals surface area contributed by atoms with Crippen molar-refractivity contribution in [3.05, 3.63) is 63.4 Å². The number of rotatable bonds is 13. The van der Waals surface area contributed by atoms with E-state index in [0.29, 0.717) is 32.4 Å². The fraction of sp³-hybridized carbons (Fsp3) is 0.385. The average molecular weight is 662 g/mol. The molecule has 230 valence electrons. The Bertz CT molecular complexity index is 1790. The number of hydrogen-bond donors (Lipinski definition) is 3. The number of H-pyrrole nitrogens is 1. The molecule has 1 heterocycles. The van der Waals surface area contributed by atoms with Gasteiger partial charge in [-0.25, -0.2) is 21.6 Å². The summed E-state index contributed by atoms with van der Waals surface area (Å²) in [5.74, 6) is -1.04. The minimum Gasteiger partial charge on any atom is -0.321 e. The molecule has 3 rings (SSSR count). The van der Waals surface area contributed by atoms with Crippen molar-refractivity contribution in [1.29, 1.82) is 0 Å². The van der Waals surface area contributed by atoms with Crippen LogP contribution in [0.2, 0.25) is 5.02 Å². The summed E-state index contributed by atoms with van der Waals surface area (Å²) < 4.78 is 73.4. The van der Waals surface area contributed by atoms with E-state index < -0.39 is 55.4 Å². The zero-order valence-electron chi connectivity index (χ0n) is 23.5. The van der Waals surface area contributed by atoms with Gasteiger partial charge in [-0.1, -0.05) is 32.4 Å². The highest BCUT2D eigenvalue weighted by molar-refractivity contribution is 7.90. The van der Waals surface area contributed by atoms with Crippen molar-refractivity contribution >= 4 is 61.4 Å². The van der Waals surface area contributed by atoms with Crippen molar-refractivity contribution < 1.29 is 35.6 Å². The Balaban J connectivity index is 1.93. The first-order valence-electron chi connectivity index (χ1n) is 13.1. The molecule has 3 aromatic rings. The molecule has 2 aromatic carbocycles. The number of aromatic amines is 1. The Labute approximate surface area is 249 Å². The predicted octanol–water partition coefficient (Wildman–Crippen LogP) is 3.74. The number of carbonyl (C=O) groups is 1. The minimum atomic E-state index is -4.59. The van der Waals surface area contributed by atoms with Crippen LogP contribution in [0, 0.1) is 0 Å². The second kappa shape index (κ2) is 13.4. The molecular weight excluding hydrogens is 629 g/mol. The van der Waals surface area contributed by atoms with Crippen molar-refractivity contribution in [2.24, 2.45) is 0 Å². The van der Waals surface area contributed by atoms with Crippen LogP contribution in [0.3, 0.4) is 0 Å². The molecule has 42 heavy (non-hydrogen) atoms. The van der Waals surface area contributed by atoms with Gasteiger partial charge < -0.3 is 14.4 Å². The summed E-state index contributed by atoms with van der Waals surface area (Å²) in [5.41, 5.74) is -0.948. The van der Waals surface area contributed by atoms with Gasteiger partial charge in [0.1, 0.15) is 10.2 Å². The fourth-order valence-electron chi connectivity index (χ4n) is 4.00. The number of nitrogens with one attached hydrogen (secondary N) is 2. The third-order valence-corrected chi connectivity index (χ3v) is 11.6. The summed E-state index contributed by atoms with van der Waals surface area (Å²) in [5, 5.41) is -0.874. The van der Waals surface area contributed by atoms with Gasteiger partial charge in [0.15, 0.2) is 0 Å². The van der Waals surface area contributed by atoms with Gasteiger partial charge in [-0.05, 0) is 68.7 Å². The van der Waals surface area contributed by atoms with Crippen LogP contribution >= 0.6 is 19.2 Å². The summed E-state index contributed by atoms with van der Waals surface area (Å²) in [4.78, 5) is 37.6. The molecule has 0 aliphatic heterocycles. The Morgan fingerprint density at radius 3 is 2.21 bits per heavy atom. The molecule has 0 spiro atoms. The Kier molecular flexibility index (Phi) is 10.8. The van der Waals surface area contributed by atoms with Crippen LogP contribution in [-0.2, 0) is 29.1 Å². The first-order chi connectivity index (χ1) is 19.6. The molecule has 1 amide bonds. The van der Waals surface area contributed by atoms with Gasteiger partial charge >= 0.3 is 7.60 Å². The zero-order chi connectivity index (χ0) is 31.5. The van der Waals surface area contributed by atoms with Crippen molar-refractivity contribution in [2.75, 3.05) is 13.1 Å². The largest absolute Gasteiger partial charge is 0.364 e. The molecule has 0 aliphatic rings. The first kappa shape index (κ1) is 33.9. The summed E-state index contributed by atoms with van der Waals surface area (Å²) in [6.45, 7) is 7.68. The molecule has 0 aliphatic carbocycles. The highest BCUT2D eigenvalue weighted by atomic mass is 35.5. The van der Waals surface area contributed by atoms with Crippen LogP contribution in [0.25, 0.3) is 10.9 Å². The normalized spacial score (nSPS) is 14.5. The van der Waals surface area contributed by atoms with E-state index in [1.54, 1.807) is 13.8 Å². The number of nitrogens with zero attached hydrogens (tertiary/aromatic N) is 1. The van der Waals surface area contributed by atoms with E-state index in [-0.39, 0.29) is 26.4 Å². The van der Waals surface area contributed by atoms with Crippen LogP contribution in [0.4, 0.5) is 0 Å². The van der Waals surface area contributed by atoms with Crippen LogP contribution in [0.1, 0.15) is 57.3 Å². The van der Waals surface area contributed by atoms with E-state index in [0.717, 1.165) is 18.2 Å². The van der Waals surface area contributed by atoms with Gasteiger partial charge in [0, 0.05) is 29.6 Å². The van der Waals surface area contributed by atoms with Gasteiger partial charge in [0.25, 0.3) is 21.5 Å². The second-order valence-corrected chi connectivity index (χ2v) is 15.3. The lowest BCUT2D eigenvalue weighted by Crippen LogP contribution is -2.33. The fourth-order valence-corrected chi connectivity index (χ4v) is 8.53. The number of amides is 1. The summed E-state index contributed by atoms with van der Waals surface area (Å²) in [6, 6.07) is 8.06. The number of fused-ring (bicyclic) bond motifs is 1. The van der Waals surface area contributed by atoms with Gasteiger partial charge in [0.05, 0.1) is 16.0 Å². The van der Waals surface area contributed by atoms with Gasteiger partial charge in [0.2, 0.25) is 10.0 Å². The van der Waals surface area contributed by atoms with E-state index in [9.17, 15) is 35.9 Å². The number of pyridine rings is 1. The number of hydrogen-bond acceptors (Lipinski definition) is 8. The number of halogens is 1. The van der Waals surface area contributed by atoms with Gasteiger partial charge in [-0.2, -0.15) is 4.31 Å². The van der Waals surface area contributed by atoms with E-state index in [1.807, 2.05) is 18.6 Å². The molecule has 0 saturated carbocycles. The van der Waals surface area contributed by atoms with Crippen molar-refractivity contribution in [3.63, 3.8) is 0 Å². The highest BCUT2D eigenvalue weighted by Gasteiger charge is 2.30. The van der Waals surface area contributed by atoms with Crippen molar-refractivity contribution in [2.45, 2.75) is 62.9 Å². The molecule has 1 aromatic heterocycles. The van der Waals surface area contributed by atoms with Gasteiger partial charge in [-0.15, -0.1) is 0 Å². The van der Waals surface area contributed by atoms with Crippen LogP contribution in [0.5, 0.6) is 0 Å². The lowest BCUT2D eigenvalue weighted by molar-refractivity contribution is 0.0981. The molecule has 3 N–H and O–H groups in total. The number of aromatic nitrogens is 1. The monoisotopic (exact) mass is 661 g/mol. The number of sulfonamides is 2. The molecule has 12 nitrogen and oxygen atoms in total. The molecule has 0 fully saturated rings. The third kappa shape index (κ3) is 7.49.